The van der Waals surface area contributed by atoms with Crippen molar-refractivity contribution in [1.29, 1.82) is 0 Å². The fourth-order valence-corrected chi connectivity index (χ4v) is 2.33. The van der Waals surface area contributed by atoms with Crippen molar-refractivity contribution >= 4 is 38.3 Å². The lowest BCUT2D eigenvalue weighted by atomic mass is 10.1. The van der Waals surface area contributed by atoms with Crippen LogP contribution in [0.2, 0.25) is 0 Å². The fraction of sp³-hybridized carbons (Fsp3) is 0. The van der Waals surface area contributed by atoms with Gasteiger partial charge in [0, 0.05) is 21.1 Å². The topological polar surface area (TPSA) is 77.8 Å². The average Bonchev–Trinajstić information content (AvgIpc) is 2.39. The van der Waals surface area contributed by atoms with Crippen LogP contribution in [0.25, 0.3) is 22.3 Å². The van der Waals surface area contributed by atoms with Gasteiger partial charge in [0.1, 0.15) is 5.82 Å². The molecule has 0 aliphatic heterocycles. The standard InChI is InChI=1S/C14H11BrN4/c15-9-3-1-2-8(6-9)14-18-12-5-4-10(16)7-11(12)13(17)19-14/h1-7H,16H2,(H2,17,18,19). The minimum Gasteiger partial charge on any atom is -0.399 e. The lowest BCUT2D eigenvalue weighted by Crippen LogP contribution is -1.98. The smallest absolute Gasteiger partial charge is 0.162 e. The van der Waals surface area contributed by atoms with E-state index in [1.807, 2.05) is 30.3 Å². The summed E-state index contributed by atoms with van der Waals surface area (Å²) in [4.78, 5) is 8.87. The normalized spacial score (nSPS) is 10.8. The Hall–Kier alpha value is -2.14. The zero-order chi connectivity index (χ0) is 13.4. The van der Waals surface area contributed by atoms with Crippen LogP contribution < -0.4 is 11.5 Å². The van der Waals surface area contributed by atoms with Crippen molar-refractivity contribution in [2.75, 3.05) is 11.5 Å². The fourth-order valence-electron chi connectivity index (χ4n) is 1.93. The Morgan fingerprint density at radius 1 is 0.947 bits per heavy atom. The van der Waals surface area contributed by atoms with Crippen LogP contribution >= 0.6 is 15.9 Å². The molecule has 3 rings (SSSR count). The third kappa shape index (κ3) is 2.24. The van der Waals surface area contributed by atoms with Crippen LogP contribution in [0.15, 0.2) is 46.9 Å². The van der Waals surface area contributed by atoms with E-state index < -0.39 is 0 Å². The first kappa shape index (κ1) is 11.9. The Morgan fingerprint density at radius 2 is 1.79 bits per heavy atom. The monoisotopic (exact) mass is 314 g/mol. The lowest BCUT2D eigenvalue weighted by molar-refractivity contribution is 1.23. The number of nitrogens with two attached hydrogens (primary N) is 2. The van der Waals surface area contributed by atoms with Gasteiger partial charge in [0.25, 0.3) is 0 Å². The molecule has 0 radical (unpaired) electrons. The van der Waals surface area contributed by atoms with Gasteiger partial charge in [0.05, 0.1) is 5.52 Å². The maximum atomic E-state index is 5.98. The van der Waals surface area contributed by atoms with Crippen molar-refractivity contribution in [3.05, 3.63) is 46.9 Å². The van der Waals surface area contributed by atoms with E-state index in [0.717, 1.165) is 20.9 Å². The number of benzene rings is 2. The zero-order valence-corrected chi connectivity index (χ0v) is 11.6. The molecule has 0 saturated heterocycles. The number of rotatable bonds is 1. The second kappa shape index (κ2) is 4.51. The maximum absolute atomic E-state index is 5.98. The van der Waals surface area contributed by atoms with Crippen LogP contribution in [0.5, 0.6) is 0 Å². The molecule has 0 amide bonds. The molecule has 0 unspecified atom stereocenters. The van der Waals surface area contributed by atoms with Crippen LogP contribution in [0, 0.1) is 0 Å². The Balaban J connectivity index is 2.24. The number of hydrogen-bond donors (Lipinski definition) is 2. The summed E-state index contributed by atoms with van der Waals surface area (Å²) < 4.78 is 0.976. The van der Waals surface area contributed by atoms with E-state index in [9.17, 15) is 0 Å². The number of hydrogen-bond acceptors (Lipinski definition) is 4. The second-order valence-corrected chi connectivity index (χ2v) is 5.14. The highest BCUT2D eigenvalue weighted by molar-refractivity contribution is 9.10. The van der Waals surface area contributed by atoms with E-state index in [2.05, 4.69) is 25.9 Å². The van der Waals surface area contributed by atoms with Crippen molar-refractivity contribution in [1.82, 2.24) is 9.97 Å². The molecule has 0 spiro atoms. The number of fused-ring (bicyclic) bond motifs is 1. The van der Waals surface area contributed by atoms with Crippen molar-refractivity contribution < 1.29 is 0 Å². The Bertz CT molecular complexity index is 770. The number of nitrogen functional groups attached to an aromatic ring is 2. The highest BCUT2D eigenvalue weighted by Gasteiger charge is 2.07. The molecule has 0 aliphatic rings. The molecule has 4 nitrogen and oxygen atoms in total. The quantitative estimate of drug-likeness (QED) is 0.676. The van der Waals surface area contributed by atoms with Crippen LogP contribution in [0.4, 0.5) is 11.5 Å². The van der Waals surface area contributed by atoms with E-state index in [4.69, 9.17) is 11.5 Å². The first-order valence-corrected chi connectivity index (χ1v) is 6.51. The van der Waals surface area contributed by atoms with Gasteiger partial charge in [-0.05, 0) is 30.3 Å². The molecule has 0 fully saturated rings. The Labute approximate surface area is 118 Å². The molecular formula is C14H11BrN4. The van der Waals surface area contributed by atoms with Gasteiger partial charge < -0.3 is 11.5 Å². The van der Waals surface area contributed by atoms with Gasteiger partial charge >= 0.3 is 0 Å². The zero-order valence-electron chi connectivity index (χ0n) is 9.97. The first-order chi connectivity index (χ1) is 9.13. The summed E-state index contributed by atoms with van der Waals surface area (Å²) in [7, 11) is 0. The van der Waals surface area contributed by atoms with Crippen molar-refractivity contribution in [2.45, 2.75) is 0 Å². The molecule has 0 saturated carbocycles. The first-order valence-electron chi connectivity index (χ1n) is 5.72. The molecule has 4 N–H and O–H groups in total. The molecular weight excluding hydrogens is 304 g/mol. The molecule has 0 aliphatic carbocycles. The van der Waals surface area contributed by atoms with E-state index >= 15 is 0 Å². The Kier molecular flexibility index (Phi) is 2.83. The average molecular weight is 315 g/mol. The van der Waals surface area contributed by atoms with E-state index in [-0.39, 0.29) is 0 Å². The number of anilines is 2. The van der Waals surface area contributed by atoms with Gasteiger partial charge in [-0.3, -0.25) is 0 Å². The summed E-state index contributed by atoms with van der Waals surface area (Å²) in [6, 6.07) is 13.2. The highest BCUT2D eigenvalue weighted by Crippen LogP contribution is 2.26. The van der Waals surface area contributed by atoms with Crippen LogP contribution in [-0.4, -0.2) is 9.97 Å². The predicted octanol–water partition coefficient (Wildman–Crippen LogP) is 3.22. The SMILES string of the molecule is Nc1ccc2nc(-c3cccc(Br)c3)nc(N)c2c1. The summed E-state index contributed by atoms with van der Waals surface area (Å²) >= 11 is 3.43. The molecule has 19 heavy (non-hydrogen) atoms. The molecule has 3 aromatic rings. The van der Waals surface area contributed by atoms with Crippen molar-refractivity contribution in [2.24, 2.45) is 0 Å². The molecule has 1 heterocycles. The van der Waals surface area contributed by atoms with E-state index in [0.29, 0.717) is 17.3 Å². The summed E-state index contributed by atoms with van der Waals surface area (Å²) in [6.07, 6.45) is 0. The van der Waals surface area contributed by atoms with Gasteiger partial charge in [0.15, 0.2) is 5.82 Å². The van der Waals surface area contributed by atoms with E-state index in [1.165, 1.54) is 0 Å². The summed E-state index contributed by atoms with van der Waals surface area (Å²) in [5, 5.41) is 0.777. The number of nitrogens with zero attached hydrogens (tertiary/aromatic N) is 2. The molecule has 94 valence electrons. The second-order valence-electron chi connectivity index (χ2n) is 4.22. The summed E-state index contributed by atoms with van der Waals surface area (Å²) in [5.41, 5.74) is 14.1. The minimum atomic E-state index is 0.437. The molecule has 2 aromatic carbocycles. The van der Waals surface area contributed by atoms with E-state index in [1.54, 1.807) is 12.1 Å². The molecule has 0 bridgehead atoms. The predicted molar refractivity (Wildman–Crippen MR) is 81.5 cm³/mol. The summed E-state index contributed by atoms with van der Waals surface area (Å²) in [6.45, 7) is 0. The van der Waals surface area contributed by atoms with Gasteiger partial charge in [-0.2, -0.15) is 0 Å². The van der Waals surface area contributed by atoms with Gasteiger partial charge in [-0.25, -0.2) is 9.97 Å². The van der Waals surface area contributed by atoms with Crippen LogP contribution in [-0.2, 0) is 0 Å². The van der Waals surface area contributed by atoms with Crippen LogP contribution in [0.1, 0.15) is 0 Å². The molecule has 0 atom stereocenters. The third-order valence-corrected chi connectivity index (χ3v) is 3.33. The highest BCUT2D eigenvalue weighted by atomic mass is 79.9. The van der Waals surface area contributed by atoms with Crippen molar-refractivity contribution in [3.63, 3.8) is 0 Å². The van der Waals surface area contributed by atoms with Gasteiger partial charge in [-0.15, -0.1) is 0 Å². The van der Waals surface area contributed by atoms with Crippen LogP contribution in [0.3, 0.4) is 0 Å². The minimum absolute atomic E-state index is 0.437. The summed E-state index contributed by atoms with van der Waals surface area (Å²) in [5.74, 6) is 1.04. The van der Waals surface area contributed by atoms with Gasteiger partial charge in [0.2, 0.25) is 0 Å². The number of aromatic nitrogens is 2. The maximum Gasteiger partial charge on any atom is 0.162 e. The molecule has 1 aromatic heterocycles. The Morgan fingerprint density at radius 3 is 2.58 bits per heavy atom. The van der Waals surface area contributed by atoms with Crippen molar-refractivity contribution in [3.8, 4) is 11.4 Å². The largest absolute Gasteiger partial charge is 0.399 e. The third-order valence-electron chi connectivity index (χ3n) is 2.83. The van der Waals surface area contributed by atoms with Gasteiger partial charge in [-0.1, -0.05) is 28.1 Å². The lowest BCUT2D eigenvalue weighted by Gasteiger charge is -2.06. The number of halogens is 1. The molecule has 5 heteroatoms.